The summed E-state index contributed by atoms with van der Waals surface area (Å²) in [6.45, 7) is 3.82. The van der Waals surface area contributed by atoms with Crippen LogP contribution >= 0.6 is 0 Å². The molecular weight excluding hydrogens is 450 g/mol. The average molecular weight is 480 g/mol. The highest BCUT2D eigenvalue weighted by molar-refractivity contribution is 5.96. The maximum absolute atomic E-state index is 12.9. The van der Waals surface area contributed by atoms with Crippen LogP contribution < -0.4 is 16.0 Å². The van der Waals surface area contributed by atoms with E-state index in [1.54, 1.807) is 0 Å². The SMILES string of the molecule is CC(C)C[C@@H](NC(=O)OCC1c2ccccc2-c2ccccc21)C(=O)NC1C(=O)NCC1C(=O)O. The van der Waals surface area contributed by atoms with Gasteiger partial charge in [0.25, 0.3) is 0 Å². The van der Waals surface area contributed by atoms with Gasteiger partial charge in [-0.05, 0) is 34.6 Å². The summed E-state index contributed by atoms with van der Waals surface area (Å²) in [6.07, 6.45) is -0.458. The van der Waals surface area contributed by atoms with Crippen molar-refractivity contribution >= 4 is 23.9 Å². The van der Waals surface area contributed by atoms with Gasteiger partial charge in [-0.2, -0.15) is 0 Å². The molecule has 9 heteroatoms. The Balaban J connectivity index is 1.42. The van der Waals surface area contributed by atoms with E-state index >= 15 is 0 Å². The molecule has 0 saturated carbocycles. The van der Waals surface area contributed by atoms with Crippen LogP contribution in [-0.2, 0) is 19.1 Å². The molecule has 0 bridgehead atoms. The fourth-order valence-corrected chi connectivity index (χ4v) is 4.76. The third-order valence-electron chi connectivity index (χ3n) is 6.46. The second-order valence-corrected chi connectivity index (χ2v) is 9.33. The number of nitrogens with one attached hydrogen (secondary N) is 3. The van der Waals surface area contributed by atoms with Crippen molar-refractivity contribution in [2.45, 2.75) is 38.3 Å². The molecular formula is C26H29N3O6. The largest absolute Gasteiger partial charge is 0.481 e. The number of hydrogen-bond acceptors (Lipinski definition) is 5. The number of amides is 3. The van der Waals surface area contributed by atoms with Crippen LogP contribution in [0.2, 0.25) is 0 Å². The number of carbonyl (C=O) groups excluding carboxylic acids is 3. The third kappa shape index (κ3) is 5.13. The van der Waals surface area contributed by atoms with Crippen molar-refractivity contribution in [2.24, 2.45) is 11.8 Å². The van der Waals surface area contributed by atoms with Crippen LogP contribution in [0.1, 0.15) is 37.3 Å². The molecule has 2 aromatic carbocycles. The van der Waals surface area contributed by atoms with Crippen molar-refractivity contribution in [3.05, 3.63) is 59.7 Å². The second-order valence-electron chi connectivity index (χ2n) is 9.33. The van der Waals surface area contributed by atoms with Gasteiger partial charge in [-0.1, -0.05) is 62.4 Å². The molecule has 1 aliphatic heterocycles. The maximum Gasteiger partial charge on any atom is 0.407 e. The molecule has 0 spiro atoms. The lowest BCUT2D eigenvalue weighted by molar-refractivity contribution is -0.143. The van der Waals surface area contributed by atoms with Gasteiger partial charge in [-0.25, -0.2) is 4.79 Å². The summed E-state index contributed by atoms with van der Waals surface area (Å²) in [5, 5.41) is 16.9. The Morgan fingerprint density at radius 2 is 1.66 bits per heavy atom. The van der Waals surface area contributed by atoms with Gasteiger partial charge in [0.05, 0.1) is 0 Å². The maximum atomic E-state index is 12.9. The van der Waals surface area contributed by atoms with Gasteiger partial charge >= 0.3 is 12.1 Å². The van der Waals surface area contributed by atoms with Gasteiger partial charge in [-0.3, -0.25) is 14.4 Å². The summed E-state index contributed by atoms with van der Waals surface area (Å²) >= 11 is 0. The highest BCUT2D eigenvalue weighted by Crippen LogP contribution is 2.44. The van der Waals surface area contributed by atoms with Gasteiger partial charge in [-0.15, -0.1) is 0 Å². The van der Waals surface area contributed by atoms with E-state index in [0.29, 0.717) is 6.42 Å². The summed E-state index contributed by atoms with van der Waals surface area (Å²) in [5.74, 6) is -3.51. The monoisotopic (exact) mass is 479 g/mol. The van der Waals surface area contributed by atoms with Crippen molar-refractivity contribution in [3.63, 3.8) is 0 Å². The summed E-state index contributed by atoms with van der Waals surface area (Å²) in [7, 11) is 0. The van der Waals surface area contributed by atoms with Crippen molar-refractivity contribution in [2.75, 3.05) is 13.2 Å². The van der Waals surface area contributed by atoms with Gasteiger partial charge in [0.15, 0.2) is 0 Å². The van der Waals surface area contributed by atoms with E-state index in [-0.39, 0.29) is 25.0 Å². The highest BCUT2D eigenvalue weighted by Gasteiger charge is 2.41. The summed E-state index contributed by atoms with van der Waals surface area (Å²) < 4.78 is 5.55. The Hall–Kier alpha value is -3.88. The summed E-state index contributed by atoms with van der Waals surface area (Å²) in [4.78, 5) is 49.1. The Morgan fingerprint density at radius 1 is 1.06 bits per heavy atom. The molecule has 3 atom stereocenters. The van der Waals surface area contributed by atoms with E-state index in [1.807, 2.05) is 62.4 Å². The number of benzene rings is 2. The van der Waals surface area contributed by atoms with E-state index in [9.17, 15) is 24.3 Å². The number of aliphatic carboxylic acids is 1. The first-order valence-electron chi connectivity index (χ1n) is 11.7. The number of carboxylic acid groups (broad SMARTS) is 1. The minimum absolute atomic E-state index is 0.0484. The normalized spacial score (nSPS) is 19.5. The Kier molecular flexibility index (Phi) is 7.04. The van der Waals surface area contributed by atoms with E-state index in [1.165, 1.54) is 0 Å². The molecule has 1 fully saturated rings. The van der Waals surface area contributed by atoms with E-state index in [4.69, 9.17) is 4.74 Å². The number of rotatable bonds is 8. The molecule has 4 N–H and O–H groups in total. The first-order valence-corrected chi connectivity index (χ1v) is 11.7. The molecule has 0 radical (unpaired) electrons. The molecule has 2 aliphatic rings. The van der Waals surface area contributed by atoms with Gasteiger partial charge in [0.2, 0.25) is 11.8 Å². The first-order chi connectivity index (χ1) is 16.8. The molecule has 1 saturated heterocycles. The zero-order valence-electron chi connectivity index (χ0n) is 19.6. The quantitative estimate of drug-likeness (QED) is 0.459. The Bertz CT molecular complexity index is 1100. The molecule has 2 aromatic rings. The van der Waals surface area contributed by atoms with Gasteiger partial charge in [0.1, 0.15) is 24.6 Å². The molecule has 2 unspecified atom stereocenters. The molecule has 35 heavy (non-hydrogen) atoms. The second kappa shape index (κ2) is 10.2. The minimum Gasteiger partial charge on any atom is -0.481 e. The van der Waals surface area contributed by atoms with Crippen molar-refractivity contribution in [1.82, 2.24) is 16.0 Å². The topological polar surface area (TPSA) is 134 Å². The lowest BCUT2D eigenvalue weighted by Crippen LogP contribution is -2.54. The molecule has 1 heterocycles. The van der Waals surface area contributed by atoms with Gasteiger partial charge in [0, 0.05) is 12.5 Å². The molecule has 9 nitrogen and oxygen atoms in total. The van der Waals surface area contributed by atoms with Crippen LogP contribution in [0.4, 0.5) is 4.79 Å². The lowest BCUT2D eigenvalue weighted by atomic mass is 9.98. The van der Waals surface area contributed by atoms with Crippen LogP contribution in [-0.4, -0.2) is 54.2 Å². The molecule has 3 amide bonds. The van der Waals surface area contributed by atoms with Crippen molar-refractivity contribution in [3.8, 4) is 11.1 Å². The van der Waals surface area contributed by atoms with E-state index < -0.39 is 41.9 Å². The van der Waals surface area contributed by atoms with E-state index in [0.717, 1.165) is 22.3 Å². The van der Waals surface area contributed by atoms with Crippen LogP contribution in [0.3, 0.4) is 0 Å². The number of carboxylic acids is 1. The summed E-state index contributed by atoms with van der Waals surface area (Å²) in [6, 6.07) is 13.8. The van der Waals surface area contributed by atoms with Gasteiger partial charge < -0.3 is 25.8 Å². The number of hydrogen-bond donors (Lipinski definition) is 4. The molecule has 184 valence electrons. The molecule has 0 aromatic heterocycles. The fourth-order valence-electron chi connectivity index (χ4n) is 4.76. The fraction of sp³-hybridized carbons (Fsp3) is 0.385. The number of carbonyl (C=O) groups is 4. The van der Waals surface area contributed by atoms with Crippen LogP contribution in [0.15, 0.2) is 48.5 Å². The zero-order valence-corrected chi connectivity index (χ0v) is 19.6. The number of fused-ring (bicyclic) bond motifs is 3. The first kappa shape index (κ1) is 24.3. The predicted octanol–water partition coefficient (Wildman–Crippen LogP) is 2.26. The van der Waals surface area contributed by atoms with Crippen LogP contribution in [0, 0.1) is 11.8 Å². The highest BCUT2D eigenvalue weighted by atomic mass is 16.5. The Labute approximate surface area is 203 Å². The van der Waals surface area contributed by atoms with Crippen molar-refractivity contribution in [1.29, 1.82) is 0 Å². The number of ether oxygens (including phenoxy) is 1. The smallest absolute Gasteiger partial charge is 0.407 e. The standard InChI is InChI=1S/C26H29N3O6/c1-14(2)11-21(23(30)29-22-19(25(32)33)12-27-24(22)31)28-26(34)35-13-20-17-9-5-3-7-15(17)16-8-4-6-10-18(16)20/h3-10,14,19-22H,11-13H2,1-2H3,(H,27,31)(H,28,34)(H,29,30)(H,32,33)/t19?,21-,22?/m1/s1. The Morgan fingerprint density at radius 3 is 2.23 bits per heavy atom. The van der Waals surface area contributed by atoms with Crippen LogP contribution in [0.25, 0.3) is 11.1 Å². The molecule has 1 aliphatic carbocycles. The summed E-state index contributed by atoms with van der Waals surface area (Å²) in [5.41, 5.74) is 4.36. The lowest BCUT2D eigenvalue weighted by Gasteiger charge is -2.23. The zero-order chi connectivity index (χ0) is 25.1. The minimum atomic E-state index is -1.20. The van der Waals surface area contributed by atoms with Crippen molar-refractivity contribution < 1.29 is 29.0 Å². The number of alkyl carbamates (subject to hydrolysis) is 1. The molecule has 4 rings (SSSR count). The van der Waals surface area contributed by atoms with E-state index in [2.05, 4.69) is 16.0 Å². The average Bonchev–Trinajstić information content (AvgIpc) is 3.35. The third-order valence-corrected chi connectivity index (χ3v) is 6.46. The van der Waals surface area contributed by atoms with Crippen LogP contribution in [0.5, 0.6) is 0 Å². The predicted molar refractivity (Wildman–Crippen MR) is 128 cm³/mol.